The quantitative estimate of drug-likeness (QED) is 0.357. The van der Waals surface area contributed by atoms with Gasteiger partial charge in [-0.05, 0) is 26.0 Å². The van der Waals surface area contributed by atoms with E-state index in [0.29, 0.717) is 11.5 Å². The fraction of sp³-hybridized carbons (Fsp3) is 0.143. The lowest BCUT2D eigenvalue weighted by atomic mass is 10.2. The maximum Gasteiger partial charge on any atom is 0.260 e. The summed E-state index contributed by atoms with van der Waals surface area (Å²) in [5.74, 6) is -2.29. The van der Waals surface area contributed by atoms with E-state index in [-0.39, 0.29) is 28.2 Å². The van der Waals surface area contributed by atoms with E-state index in [2.05, 4.69) is 35.8 Å². The first-order valence-corrected chi connectivity index (χ1v) is 9.58. The van der Waals surface area contributed by atoms with Crippen molar-refractivity contribution >= 4 is 34.5 Å². The number of nitrogens with one attached hydrogen (secondary N) is 4. The van der Waals surface area contributed by atoms with Crippen molar-refractivity contribution in [2.75, 3.05) is 12.4 Å². The van der Waals surface area contributed by atoms with Crippen molar-refractivity contribution in [3.05, 3.63) is 59.2 Å². The maximum absolute atomic E-state index is 15.0. The predicted molar refractivity (Wildman–Crippen MR) is 115 cm³/mol. The molecule has 0 saturated carbocycles. The molecule has 11 heteroatoms. The number of aromatic amines is 2. The van der Waals surface area contributed by atoms with Gasteiger partial charge in [0.25, 0.3) is 5.91 Å². The Labute approximate surface area is 180 Å². The number of nitrogens with zero attached hydrogens (tertiary/aromatic N) is 3. The summed E-state index contributed by atoms with van der Waals surface area (Å²) in [6.45, 7) is 3.54. The number of rotatable bonds is 6. The number of benzene rings is 1. The fourth-order valence-corrected chi connectivity index (χ4v) is 3.17. The number of ether oxygens (including phenoxy) is 1. The van der Waals surface area contributed by atoms with E-state index in [1.807, 2.05) is 19.1 Å². The smallest absolute Gasteiger partial charge is 0.260 e. The first-order chi connectivity index (χ1) is 15.4. The molecule has 0 saturated heterocycles. The van der Waals surface area contributed by atoms with Gasteiger partial charge in [0.2, 0.25) is 5.88 Å². The van der Waals surface area contributed by atoms with E-state index in [9.17, 15) is 13.6 Å². The number of anilines is 2. The van der Waals surface area contributed by atoms with Crippen LogP contribution in [-0.2, 0) is 0 Å². The first kappa shape index (κ1) is 21.0. The number of hydrogen-bond acceptors (Lipinski definition) is 6. The average Bonchev–Trinajstić information content (AvgIpc) is 3.38. The molecule has 4 aromatic rings. The van der Waals surface area contributed by atoms with E-state index >= 15 is 0 Å². The van der Waals surface area contributed by atoms with Crippen molar-refractivity contribution in [3.8, 4) is 11.6 Å². The van der Waals surface area contributed by atoms with Gasteiger partial charge in [0.05, 0.1) is 11.2 Å². The lowest BCUT2D eigenvalue weighted by molar-refractivity contribution is 0.0960. The van der Waals surface area contributed by atoms with E-state index in [1.165, 1.54) is 13.1 Å². The molecule has 9 nitrogen and oxygen atoms in total. The number of amides is 1. The molecule has 1 aromatic carbocycles. The number of carbonyl (C=O) groups excluding carboxylic acids is 1. The van der Waals surface area contributed by atoms with Gasteiger partial charge < -0.3 is 20.4 Å². The number of allylic oxidation sites excluding steroid dienone is 1. The Balaban J connectivity index is 1.76. The zero-order chi connectivity index (χ0) is 22.8. The van der Waals surface area contributed by atoms with Crippen LogP contribution in [0.4, 0.5) is 20.4 Å². The summed E-state index contributed by atoms with van der Waals surface area (Å²) in [6, 6.07) is 4.06. The number of H-pyrrole nitrogens is 2. The minimum atomic E-state index is -0.787. The molecule has 0 radical (unpaired) electrons. The Hall–Kier alpha value is -4.28. The van der Waals surface area contributed by atoms with Crippen molar-refractivity contribution in [1.29, 1.82) is 0 Å². The number of fused-ring (bicyclic) bond motifs is 1. The summed E-state index contributed by atoms with van der Waals surface area (Å²) in [4.78, 5) is 23.4. The van der Waals surface area contributed by atoms with Gasteiger partial charge in [-0.1, -0.05) is 6.08 Å². The van der Waals surface area contributed by atoms with Gasteiger partial charge in [-0.25, -0.2) is 18.7 Å². The van der Waals surface area contributed by atoms with E-state index in [0.717, 1.165) is 18.1 Å². The summed E-state index contributed by atoms with van der Waals surface area (Å²) in [7, 11) is 1.41. The molecular weight excluding hydrogens is 420 g/mol. The molecule has 0 aliphatic carbocycles. The molecule has 0 spiro atoms. The highest BCUT2D eigenvalue weighted by Gasteiger charge is 2.23. The monoisotopic (exact) mass is 439 g/mol. The van der Waals surface area contributed by atoms with Crippen molar-refractivity contribution in [1.82, 2.24) is 30.5 Å². The standard InChI is InChI=1S/C21H19F2N7O2/c1-4-5-11-7-15(30-29-11)28-19-16(20(31)24-3)21(26-9-25-19)32-14-8-13(22)18-12(17(14)23)6-10(2)27-18/h4-9,27H,1-3H3,(H,24,31)(H2,25,26,28,29,30)/b5-4+. The Morgan fingerprint density at radius 2 is 2.03 bits per heavy atom. The Kier molecular flexibility index (Phi) is 5.54. The third kappa shape index (κ3) is 3.87. The lowest BCUT2D eigenvalue weighted by Gasteiger charge is -2.13. The van der Waals surface area contributed by atoms with Crippen molar-refractivity contribution in [2.45, 2.75) is 13.8 Å². The van der Waals surface area contributed by atoms with Crippen molar-refractivity contribution in [2.24, 2.45) is 0 Å². The average molecular weight is 439 g/mol. The maximum atomic E-state index is 15.0. The molecule has 3 heterocycles. The topological polar surface area (TPSA) is 121 Å². The molecule has 0 bridgehead atoms. The summed E-state index contributed by atoms with van der Waals surface area (Å²) >= 11 is 0. The summed E-state index contributed by atoms with van der Waals surface area (Å²) in [6.07, 6.45) is 4.78. The van der Waals surface area contributed by atoms with E-state index in [1.54, 1.807) is 13.0 Å². The lowest BCUT2D eigenvalue weighted by Crippen LogP contribution is -2.21. The van der Waals surface area contributed by atoms with Gasteiger partial charge in [-0.3, -0.25) is 9.89 Å². The Morgan fingerprint density at radius 3 is 2.78 bits per heavy atom. The first-order valence-electron chi connectivity index (χ1n) is 9.58. The van der Waals surface area contributed by atoms with E-state index < -0.39 is 23.3 Å². The second-order valence-corrected chi connectivity index (χ2v) is 6.83. The molecule has 3 aromatic heterocycles. The van der Waals surface area contributed by atoms with Gasteiger partial charge in [0, 0.05) is 30.3 Å². The van der Waals surface area contributed by atoms with Gasteiger partial charge in [-0.15, -0.1) is 0 Å². The SMILES string of the molecule is C/C=C/c1cc(Nc2ncnc(Oc3cc(F)c4[nH]c(C)cc4c3F)c2C(=O)NC)n[nH]1. The largest absolute Gasteiger partial charge is 0.435 e. The summed E-state index contributed by atoms with van der Waals surface area (Å²) < 4.78 is 35.0. The number of hydrogen-bond donors (Lipinski definition) is 4. The van der Waals surface area contributed by atoms with Gasteiger partial charge >= 0.3 is 0 Å². The van der Waals surface area contributed by atoms with Crippen LogP contribution in [0.25, 0.3) is 17.0 Å². The van der Waals surface area contributed by atoms with Crippen LogP contribution < -0.4 is 15.4 Å². The number of aryl methyl sites for hydroxylation is 1. The molecular formula is C21H19F2N7O2. The van der Waals surface area contributed by atoms with Crippen LogP contribution in [0.15, 0.2) is 30.6 Å². The second-order valence-electron chi connectivity index (χ2n) is 6.83. The molecule has 0 atom stereocenters. The van der Waals surface area contributed by atoms with E-state index in [4.69, 9.17) is 4.74 Å². The summed E-state index contributed by atoms with van der Waals surface area (Å²) in [5, 5.41) is 12.3. The molecule has 4 N–H and O–H groups in total. The molecule has 164 valence electrons. The molecule has 1 amide bonds. The number of halogens is 2. The number of aromatic nitrogens is 5. The highest BCUT2D eigenvalue weighted by Crippen LogP contribution is 2.34. The minimum absolute atomic E-state index is 0.0272. The zero-order valence-corrected chi connectivity index (χ0v) is 17.4. The fourth-order valence-electron chi connectivity index (χ4n) is 3.17. The Morgan fingerprint density at radius 1 is 1.22 bits per heavy atom. The molecule has 0 fully saturated rings. The number of carbonyl (C=O) groups is 1. The van der Waals surface area contributed by atoms with Gasteiger partial charge in [-0.2, -0.15) is 5.10 Å². The molecule has 0 aliphatic rings. The third-order valence-electron chi connectivity index (χ3n) is 4.57. The van der Waals surface area contributed by atoms with Crippen LogP contribution in [0.5, 0.6) is 11.6 Å². The second kappa shape index (κ2) is 8.46. The highest BCUT2D eigenvalue weighted by atomic mass is 19.1. The molecule has 32 heavy (non-hydrogen) atoms. The normalized spacial score (nSPS) is 11.3. The third-order valence-corrected chi connectivity index (χ3v) is 4.57. The minimum Gasteiger partial charge on any atom is -0.435 e. The molecule has 0 aliphatic heterocycles. The van der Waals surface area contributed by atoms with Crippen LogP contribution in [0.3, 0.4) is 0 Å². The molecule has 0 unspecified atom stereocenters. The summed E-state index contributed by atoms with van der Waals surface area (Å²) in [5.41, 5.74) is 1.25. The predicted octanol–water partition coefficient (Wildman–Crippen LogP) is 4.20. The van der Waals surface area contributed by atoms with Gasteiger partial charge in [0.1, 0.15) is 11.9 Å². The molecule has 4 rings (SSSR count). The van der Waals surface area contributed by atoms with Crippen LogP contribution in [0, 0.1) is 18.6 Å². The van der Waals surface area contributed by atoms with Crippen molar-refractivity contribution < 1.29 is 18.3 Å². The van der Waals surface area contributed by atoms with Crippen molar-refractivity contribution in [3.63, 3.8) is 0 Å². The zero-order valence-electron chi connectivity index (χ0n) is 17.4. The van der Waals surface area contributed by atoms with Gasteiger partial charge in [0.15, 0.2) is 29.0 Å². The van der Waals surface area contributed by atoms with Crippen LogP contribution in [0.2, 0.25) is 0 Å². The van der Waals surface area contributed by atoms with Crippen LogP contribution in [-0.4, -0.2) is 38.1 Å². The highest BCUT2D eigenvalue weighted by molar-refractivity contribution is 6.01. The Bertz CT molecular complexity index is 1340. The van der Waals surface area contributed by atoms with Crippen LogP contribution >= 0.6 is 0 Å². The van der Waals surface area contributed by atoms with Crippen LogP contribution in [0.1, 0.15) is 28.7 Å².